The standard InChI is InChI=1S/C24H26N2O3S2/c1-2-22(20-10-9-17-6-3-4-7-19(17)16-20)25-24(27)18-11-13-21(14-12-18)26-31(28,29)23-8-5-15-30-23/h5,8-16,22,26H,2-4,6-7H2,1H3,(H,25,27)/t22-/m0/s1. The van der Waals surface area contributed by atoms with Crippen molar-refractivity contribution in [2.75, 3.05) is 4.72 Å². The minimum atomic E-state index is -3.60. The average Bonchev–Trinajstić information content (AvgIpc) is 3.33. The summed E-state index contributed by atoms with van der Waals surface area (Å²) in [5, 5.41) is 4.84. The van der Waals surface area contributed by atoms with Crippen molar-refractivity contribution in [3.8, 4) is 0 Å². The van der Waals surface area contributed by atoms with Crippen LogP contribution in [0.1, 0.15) is 59.3 Å². The third-order valence-corrected chi connectivity index (χ3v) is 8.43. The molecule has 2 N–H and O–H groups in total. The lowest BCUT2D eigenvalue weighted by Crippen LogP contribution is -2.28. The SMILES string of the molecule is CC[C@H](NC(=O)c1ccc(NS(=O)(=O)c2cccs2)cc1)c1ccc2c(c1)CCCC2. The highest BCUT2D eigenvalue weighted by Crippen LogP contribution is 2.26. The van der Waals surface area contributed by atoms with Crippen LogP contribution in [0.2, 0.25) is 0 Å². The minimum absolute atomic E-state index is 0.0586. The molecule has 7 heteroatoms. The first-order valence-corrected chi connectivity index (χ1v) is 12.9. The molecule has 0 aliphatic heterocycles. The van der Waals surface area contributed by atoms with Gasteiger partial charge in [0.25, 0.3) is 15.9 Å². The normalized spacial score (nSPS) is 14.5. The molecule has 0 saturated heterocycles. The van der Waals surface area contributed by atoms with Crippen LogP contribution in [-0.4, -0.2) is 14.3 Å². The maximum atomic E-state index is 12.8. The number of carbonyl (C=O) groups is 1. The van der Waals surface area contributed by atoms with Gasteiger partial charge in [-0.3, -0.25) is 9.52 Å². The summed E-state index contributed by atoms with van der Waals surface area (Å²) < 4.78 is 27.5. The summed E-state index contributed by atoms with van der Waals surface area (Å²) in [5.41, 5.74) is 4.88. The number of fused-ring (bicyclic) bond motifs is 1. The first-order valence-electron chi connectivity index (χ1n) is 10.6. The van der Waals surface area contributed by atoms with Gasteiger partial charge in [0, 0.05) is 11.3 Å². The molecule has 1 heterocycles. The number of sulfonamides is 1. The molecule has 1 aliphatic rings. The quantitative estimate of drug-likeness (QED) is 0.508. The van der Waals surface area contributed by atoms with Crippen LogP contribution in [0, 0.1) is 0 Å². The Morgan fingerprint density at radius 3 is 2.45 bits per heavy atom. The third-order valence-electron chi connectivity index (χ3n) is 5.65. The van der Waals surface area contributed by atoms with E-state index in [-0.39, 0.29) is 16.2 Å². The first-order chi connectivity index (χ1) is 15.0. The topological polar surface area (TPSA) is 75.3 Å². The van der Waals surface area contributed by atoms with Crippen molar-refractivity contribution in [3.63, 3.8) is 0 Å². The molecule has 1 amide bonds. The molecule has 0 unspecified atom stereocenters. The number of carbonyl (C=O) groups excluding carboxylic acids is 1. The summed E-state index contributed by atoms with van der Waals surface area (Å²) in [4.78, 5) is 12.8. The number of rotatable bonds is 7. The van der Waals surface area contributed by atoms with Gasteiger partial charge in [0.05, 0.1) is 6.04 Å². The van der Waals surface area contributed by atoms with Crippen molar-refractivity contribution in [2.45, 2.75) is 49.3 Å². The van der Waals surface area contributed by atoms with Crippen LogP contribution in [0.3, 0.4) is 0 Å². The second-order valence-electron chi connectivity index (χ2n) is 7.78. The molecule has 0 fully saturated rings. The predicted molar refractivity (Wildman–Crippen MR) is 125 cm³/mol. The van der Waals surface area contributed by atoms with E-state index < -0.39 is 10.0 Å². The van der Waals surface area contributed by atoms with E-state index in [4.69, 9.17) is 0 Å². The van der Waals surface area contributed by atoms with E-state index in [1.807, 2.05) is 0 Å². The van der Waals surface area contributed by atoms with E-state index in [2.05, 4.69) is 35.2 Å². The minimum Gasteiger partial charge on any atom is -0.345 e. The second-order valence-corrected chi connectivity index (χ2v) is 10.6. The Balaban J connectivity index is 1.44. The second kappa shape index (κ2) is 9.24. The fourth-order valence-electron chi connectivity index (χ4n) is 3.94. The fraction of sp³-hybridized carbons (Fsp3) is 0.292. The van der Waals surface area contributed by atoms with Gasteiger partial charge in [-0.1, -0.05) is 31.2 Å². The first kappa shape index (κ1) is 21.6. The summed E-state index contributed by atoms with van der Waals surface area (Å²) in [7, 11) is -3.60. The van der Waals surface area contributed by atoms with E-state index in [1.165, 1.54) is 24.0 Å². The Morgan fingerprint density at radius 1 is 1.03 bits per heavy atom. The van der Waals surface area contributed by atoms with Gasteiger partial charge >= 0.3 is 0 Å². The Bertz CT molecular complexity index is 1150. The van der Waals surface area contributed by atoms with E-state index in [0.717, 1.165) is 36.2 Å². The molecule has 1 aliphatic carbocycles. The highest BCUT2D eigenvalue weighted by Gasteiger charge is 2.18. The Hall–Kier alpha value is -2.64. The van der Waals surface area contributed by atoms with Crippen LogP contribution in [-0.2, 0) is 22.9 Å². The molecule has 0 spiro atoms. The number of amides is 1. The lowest BCUT2D eigenvalue weighted by atomic mass is 9.88. The lowest BCUT2D eigenvalue weighted by molar-refractivity contribution is 0.0935. The molecule has 3 aromatic rings. The van der Waals surface area contributed by atoms with Crippen LogP contribution in [0.4, 0.5) is 5.69 Å². The maximum absolute atomic E-state index is 12.8. The van der Waals surface area contributed by atoms with Crippen LogP contribution < -0.4 is 10.0 Å². The fourth-order valence-corrected chi connectivity index (χ4v) is 6.00. The Kier molecular flexibility index (Phi) is 6.43. The van der Waals surface area contributed by atoms with Crippen molar-refractivity contribution < 1.29 is 13.2 Å². The number of thiophene rings is 1. The highest BCUT2D eigenvalue weighted by atomic mass is 32.2. The third kappa shape index (κ3) is 4.99. The number of aryl methyl sites for hydroxylation is 2. The summed E-state index contributed by atoms with van der Waals surface area (Å²) in [5.74, 6) is -0.169. The predicted octanol–water partition coefficient (Wildman–Crippen LogP) is 5.31. The molecule has 0 saturated carbocycles. The number of hydrogen-bond donors (Lipinski definition) is 2. The van der Waals surface area contributed by atoms with Crippen molar-refractivity contribution in [1.82, 2.24) is 5.32 Å². The van der Waals surface area contributed by atoms with E-state index in [9.17, 15) is 13.2 Å². The molecule has 162 valence electrons. The summed E-state index contributed by atoms with van der Waals surface area (Å²) in [6, 6.07) is 16.3. The van der Waals surface area contributed by atoms with E-state index in [1.54, 1.807) is 41.8 Å². The number of anilines is 1. The van der Waals surface area contributed by atoms with Gasteiger partial charge in [-0.05, 0) is 84.5 Å². The van der Waals surface area contributed by atoms with Crippen LogP contribution in [0.15, 0.2) is 64.2 Å². The lowest BCUT2D eigenvalue weighted by Gasteiger charge is -2.22. The van der Waals surface area contributed by atoms with Gasteiger partial charge in [-0.2, -0.15) is 0 Å². The molecule has 0 bridgehead atoms. The van der Waals surface area contributed by atoms with Gasteiger partial charge < -0.3 is 5.32 Å². The van der Waals surface area contributed by atoms with Crippen molar-refractivity contribution in [1.29, 1.82) is 0 Å². The van der Waals surface area contributed by atoms with Crippen molar-refractivity contribution in [2.24, 2.45) is 0 Å². The van der Waals surface area contributed by atoms with Crippen LogP contribution >= 0.6 is 11.3 Å². The average molecular weight is 455 g/mol. The van der Waals surface area contributed by atoms with Gasteiger partial charge in [0.2, 0.25) is 0 Å². The smallest absolute Gasteiger partial charge is 0.271 e. The molecule has 1 aromatic heterocycles. The molecular weight excluding hydrogens is 428 g/mol. The number of nitrogens with one attached hydrogen (secondary N) is 2. The van der Waals surface area contributed by atoms with Crippen LogP contribution in [0.25, 0.3) is 0 Å². The monoisotopic (exact) mass is 454 g/mol. The molecule has 31 heavy (non-hydrogen) atoms. The number of hydrogen-bond acceptors (Lipinski definition) is 4. The highest BCUT2D eigenvalue weighted by molar-refractivity contribution is 7.94. The van der Waals surface area contributed by atoms with Gasteiger partial charge in [0.15, 0.2) is 0 Å². The molecule has 0 radical (unpaired) electrons. The molecule has 2 aromatic carbocycles. The summed E-state index contributed by atoms with van der Waals surface area (Å²) >= 11 is 1.16. The molecule has 5 nitrogen and oxygen atoms in total. The van der Waals surface area contributed by atoms with Gasteiger partial charge in [-0.25, -0.2) is 8.42 Å². The Labute approximate surface area is 187 Å². The van der Waals surface area contributed by atoms with Crippen molar-refractivity contribution in [3.05, 3.63) is 82.2 Å². The van der Waals surface area contributed by atoms with E-state index in [0.29, 0.717) is 11.3 Å². The molecular formula is C24H26N2O3S2. The number of benzene rings is 2. The molecule has 4 rings (SSSR count). The summed E-state index contributed by atoms with van der Waals surface area (Å²) in [6.07, 6.45) is 5.52. The van der Waals surface area contributed by atoms with Crippen molar-refractivity contribution >= 4 is 33.0 Å². The molecule has 1 atom stereocenters. The van der Waals surface area contributed by atoms with Crippen LogP contribution in [0.5, 0.6) is 0 Å². The zero-order valence-corrected chi connectivity index (χ0v) is 19.1. The maximum Gasteiger partial charge on any atom is 0.271 e. The van der Waals surface area contributed by atoms with Gasteiger partial charge in [0.1, 0.15) is 4.21 Å². The zero-order chi connectivity index (χ0) is 21.8. The Morgan fingerprint density at radius 2 is 1.77 bits per heavy atom. The van der Waals surface area contributed by atoms with E-state index >= 15 is 0 Å². The van der Waals surface area contributed by atoms with Gasteiger partial charge in [-0.15, -0.1) is 11.3 Å². The summed E-state index contributed by atoms with van der Waals surface area (Å²) in [6.45, 7) is 2.06. The zero-order valence-electron chi connectivity index (χ0n) is 17.4. The largest absolute Gasteiger partial charge is 0.345 e.